The molecule has 0 atom stereocenters. The summed E-state index contributed by atoms with van der Waals surface area (Å²) in [4.78, 5) is 12.1. The van der Waals surface area contributed by atoms with Gasteiger partial charge in [0.2, 0.25) is 0 Å². The van der Waals surface area contributed by atoms with Gasteiger partial charge in [-0.1, -0.05) is 37.6 Å². The molecule has 0 aliphatic heterocycles. The molecule has 0 bridgehead atoms. The van der Waals surface area contributed by atoms with Crippen LogP contribution in [0.25, 0.3) is 0 Å². The summed E-state index contributed by atoms with van der Waals surface area (Å²) in [6, 6.07) is 7.82. The van der Waals surface area contributed by atoms with E-state index in [1.165, 1.54) is 5.56 Å². The third-order valence-electron chi connectivity index (χ3n) is 3.39. The average molecular weight is 218 g/mol. The van der Waals surface area contributed by atoms with Gasteiger partial charge in [-0.2, -0.15) is 0 Å². The fraction of sp³-hybridized carbons (Fsp3) is 0.500. The Balaban J connectivity index is 2.13. The first-order valence-electron chi connectivity index (χ1n) is 5.96. The quantitative estimate of drug-likeness (QED) is 0.771. The Morgan fingerprint density at radius 1 is 1.31 bits per heavy atom. The molecule has 1 N–H and O–H groups in total. The number of benzene rings is 1. The molecule has 0 radical (unpaired) electrons. The zero-order valence-corrected chi connectivity index (χ0v) is 9.70. The molecular formula is C14H18O2. The Morgan fingerprint density at radius 2 is 1.94 bits per heavy atom. The van der Waals surface area contributed by atoms with Crippen LogP contribution < -0.4 is 0 Å². The molecule has 1 aromatic rings. The number of Topliss-reactive ketones (excluding diaryl/α,β-unsaturated/α-hetero) is 1. The lowest BCUT2D eigenvalue weighted by Gasteiger charge is -2.10. The number of aliphatic hydroxyl groups is 1. The second-order valence-electron chi connectivity index (χ2n) is 4.71. The van der Waals surface area contributed by atoms with E-state index < -0.39 is 5.41 Å². The van der Waals surface area contributed by atoms with Gasteiger partial charge in [-0.15, -0.1) is 0 Å². The summed E-state index contributed by atoms with van der Waals surface area (Å²) in [5.74, 6) is 0.109. The number of rotatable bonds is 5. The molecule has 0 amide bonds. The van der Waals surface area contributed by atoms with E-state index in [2.05, 4.69) is 6.92 Å². The van der Waals surface area contributed by atoms with Crippen LogP contribution in [0.5, 0.6) is 0 Å². The van der Waals surface area contributed by atoms with E-state index in [1.54, 1.807) is 0 Å². The van der Waals surface area contributed by atoms with Gasteiger partial charge in [0.25, 0.3) is 0 Å². The fourth-order valence-electron chi connectivity index (χ4n) is 2.03. The van der Waals surface area contributed by atoms with Crippen molar-refractivity contribution in [1.82, 2.24) is 0 Å². The van der Waals surface area contributed by atoms with Crippen LogP contribution in [-0.2, 0) is 6.42 Å². The first kappa shape index (κ1) is 11.3. The summed E-state index contributed by atoms with van der Waals surface area (Å²) >= 11 is 0. The molecule has 1 saturated carbocycles. The Morgan fingerprint density at radius 3 is 2.38 bits per heavy atom. The van der Waals surface area contributed by atoms with Gasteiger partial charge in [0.05, 0.1) is 12.0 Å². The number of carbonyl (C=O) groups excluding carboxylic acids is 1. The third-order valence-corrected chi connectivity index (χ3v) is 3.39. The monoisotopic (exact) mass is 218 g/mol. The zero-order valence-electron chi connectivity index (χ0n) is 9.70. The van der Waals surface area contributed by atoms with Crippen molar-refractivity contribution in [3.05, 3.63) is 35.4 Å². The lowest BCUT2D eigenvalue weighted by atomic mass is 9.94. The maximum atomic E-state index is 12.1. The standard InChI is InChI=1S/C14H18O2/c1-2-3-11-4-6-12(7-5-11)13(16)14(10-15)8-9-14/h4-7,15H,2-3,8-10H2,1H3. The fourth-order valence-corrected chi connectivity index (χ4v) is 2.03. The Kier molecular flexibility index (Phi) is 3.10. The maximum Gasteiger partial charge on any atom is 0.171 e. The molecule has 1 aromatic carbocycles. The molecule has 0 spiro atoms. The first-order chi connectivity index (χ1) is 7.72. The van der Waals surface area contributed by atoms with Gasteiger partial charge in [-0.3, -0.25) is 4.79 Å². The molecule has 0 heterocycles. The van der Waals surface area contributed by atoms with Crippen molar-refractivity contribution in [2.45, 2.75) is 32.6 Å². The van der Waals surface area contributed by atoms with Crippen LogP contribution in [0.4, 0.5) is 0 Å². The van der Waals surface area contributed by atoms with Gasteiger partial charge in [0, 0.05) is 5.56 Å². The molecule has 1 aliphatic carbocycles. The first-order valence-corrected chi connectivity index (χ1v) is 5.96. The molecule has 0 saturated heterocycles. The molecule has 2 nitrogen and oxygen atoms in total. The molecule has 1 fully saturated rings. The predicted octanol–water partition coefficient (Wildman–Crippen LogP) is 2.59. The third kappa shape index (κ3) is 2.03. The van der Waals surface area contributed by atoms with E-state index in [1.807, 2.05) is 24.3 Å². The minimum absolute atomic E-state index is 0.0114. The van der Waals surface area contributed by atoms with Crippen LogP contribution in [0.1, 0.15) is 42.1 Å². The molecule has 2 heteroatoms. The van der Waals surface area contributed by atoms with Crippen molar-refractivity contribution in [3.8, 4) is 0 Å². The minimum Gasteiger partial charge on any atom is -0.395 e. The molecule has 2 rings (SSSR count). The van der Waals surface area contributed by atoms with Crippen LogP contribution in [-0.4, -0.2) is 17.5 Å². The summed E-state index contributed by atoms with van der Waals surface area (Å²) in [6.07, 6.45) is 3.84. The van der Waals surface area contributed by atoms with Gasteiger partial charge in [0.1, 0.15) is 0 Å². The average Bonchev–Trinajstić information content (AvgIpc) is 3.10. The number of aryl methyl sites for hydroxylation is 1. The summed E-state index contributed by atoms with van der Waals surface area (Å²) in [7, 11) is 0. The highest BCUT2D eigenvalue weighted by Crippen LogP contribution is 2.47. The largest absolute Gasteiger partial charge is 0.395 e. The summed E-state index contributed by atoms with van der Waals surface area (Å²) in [6.45, 7) is 2.13. The van der Waals surface area contributed by atoms with Crippen LogP contribution in [0.2, 0.25) is 0 Å². The van der Waals surface area contributed by atoms with Crippen molar-refractivity contribution in [3.63, 3.8) is 0 Å². The summed E-state index contributed by atoms with van der Waals surface area (Å²) < 4.78 is 0. The van der Waals surface area contributed by atoms with Crippen molar-refractivity contribution in [1.29, 1.82) is 0 Å². The van der Waals surface area contributed by atoms with Crippen LogP contribution >= 0.6 is 0 Å². The highest BCUT2D eigenvalue weighted by molar-refractivity contribution is 6.02. The van der Waals surface area contributed by atoms with Crippen LogP contribution in [0, 0.1) is 5.41 Å². The van der Waals surface area contributed by atoms with Gasteiger partial charge < -0.3 is 5.11 Å². The van der Waals surface area contributed by atoms with Crippen molar-refractivity contribution >= 4 is 5.78 Å². The van der Waals surface area contributed by atoms with Gasteiger partial charge >= 0.3 is 0 Å². The molecule has 1 aliphatic rings. The topological polar surface area (TPSA) is 37.3 Å². The second-order valence-corrected chi connectivity index (χ2v) is 4.71. The van der Waals surface area contributed by atoms with Crippen LogP contribution in [0.3, 0.4) is 0 Å². The van der Waals surface area contributed by atoms with Gasteiger partial charge in [-0.05, 0) is 24.8 Å². The second kappa shape index (κ2) is 4.38. The van der Waals surface area contributed by atoms with E-state index >= 15 is 0 Å². The zero-order chi connectivity index (χ0) is 11.6. The SMILES string of the molecule is CCCc1ccc(C(=O)C2(CO)CC2)cc1. The van der Waals surface area contributed by atoms with Gasteiger partial charge in [0.15, 0.2) is 5.78 Å². The van der Waals surface area contributed by atoms with Crippen molar-refractivity contribution in [2.24, 2.45) is 5.41 Å². The van der Waals surface area contributed by atoms with Crippen molar-refractivity contribution in [2.75, 3.05) is 6.61 Å². The van der Waals surface area contributed by atoms with E-state index in [0.29, 0.717) is 0 Å². The number of carbonyl (C=O) groups is 1. The summed E-state index contributed by atoms with van der Waals surface area (Å²) in [5.41, 5.74) is 1.58. The highest BCUT2D eigenvalue weighted by Gasteiger charge is 2.49. The molecule has 16 heavy (non-hydrogen) atoms. The number of aliphatic hydroxyl groups excluding tert-OH is 1. The molecule has 0 unspecified atom stereocenters. The number of hydrogen-bond donors (Lipinski definition) is 1. The van der Waals surface area contributed by atoms with E-state index in [-0.39, 0.29) is 12.4 Å². The maximum absolute atomic E-state index is 12.1. The van der Waals surface area contributed by atoms with Gasteiger partial charge in [-0.25, -0.2) is 0 Å². The minimum atomic E-state index is -0.438. The van der Waals surface area contributed by atoms with E-state index in [9.17, 15) is 9.90 Å². The Bertz CT molecular complexity index is 374. The highest BCUT2D eigenvalue weighted by atomic mass is 16.3. The van der Waals surface area contributed by atoms with E-state index in [4.69, 9.17) is 0 Å². The van der Waals surface area contributed by atoms with E-state index in [0.717, 1.165) is 31.2 Å². The Hall–Kier alpha value is -1.15. The van der Waals surface area contributed by atoms with Crippen LogP contribution in [0.15, 0.2) is 24.3 Å². The molecule has 0 aromatic heterocycles. The normalized spacial score (nSPS) is 17.1. The lowest BCUT2D eigenvalue weighted by molar-refractivity contribution is 0.0829. The number of ketones is 1. The number of hydrogen-bond acceptors (Lipinski definition) is 2. The molecule has 86 valence electrons. The smallest absolute Gasteiger partial charge is 0.171 e. The molecular weight excluding hydrogens is 200 g/mol. The predicted molar refractivity (Wildman–Crippen MR) is 63.5 cm³/mol. The van der Waals surface area contributed by atoms with Crippen molar-refractivity contribution < 1.29 is 9.90 Å². The lowest BCUT2D eigenvalue weighted by Crippen LogP contribution is -2.19. The summed E-state index contributed by atoms with van der Waals surface area (Å²) in [5, 5.41) is 9.21. The Labute approximate surface area is 96.3 Å².